The highest BCUT2D eigenvalue weighted by atomic mass is 35.5. The zero-order valence-corrected chi connectivity index (χ0v) is 21.8. The van der Waals surface area contributed by atoms with Crippen molar-refractivity contribution in [2.75, 3.05) is 50.9 Å². The number of aromatic nitrogens is 1. The molecule has 0 aliphatic carbocycles. The molecule has 0 bridgehead atoms. The summed E-state index contributed by atoms with van der Waals surface area (Å²) in [5.74, 6) is 0.921. The maximum Gasteiger partial charge on any atom is 0.233 e. The minimum atomic E-state index is 0. The van der Waals surface area contributed by atoms with Gasteiger partial charge in [0.15, 0.2) is 5.13 Å². The number of morpholine rings is 1. The third-order valence-electron chi connectivity index (χ3n) is 6.08. The predicted molar refractivity (Wildman–Crippen MR) is 142 cm³/mol. The first-order valence-corrected chi connectivity index (χ1v) is 12.5. The number of hydrogen-bond donors (Lipinski definition) is 0. The molecule has 0 radical (unpaired) electrons. The van der Waals surface area contributed by atoms with Gasteiger partial charge in [0, 0.05) is 26.2 Å². The molecule has 0 spiro atoms. The summed E-state index contributed by atoms with van der Waals surface area (Å²) in [5, 5.41) is 0.759. The fraction of sp³-hybridized carbons (Fsp3) is 0.462. The zero-order valence-electron chi connectivity index (χ0n) is 20.2. The molecule has 184 valence electrons. The van der Waals surface area contributed by atoms with E-state index in [0.29, 0.717) is 19.6 Å². The lowest BCUT2D eigenvalue weighted by Crippen LogP contribution is -2.39. The van der Waals surface area contributed by atoms with Gasteiger partial charge in [0.2, 0.25) is 5.91 Å². The Balaban J connectivity index is 0.00000324. The molecule has 1 aliphatic heterocycles. The van der Waals surface area contributed by atoms with Crippen molar-refractivity contribution in [3.63, 3.8) is 0 Å². The molecule has 4 rings (SSSR count). The van der Waals surface area contributed by atoms with Crippen molar-refractivity contribution in [2.45, 2.75) is 33.6 Å². The highest BCUT2D eigenvalue weighted by Crippen LogP contribution is 2.32. The molecule has 0 atom stereocenters. The number of nitrogens with zero attached hydrogens (tertiary/aromatic N) is 3. The van der Waals surface area contributed by atoms with E-state index in [-0.39, 0.29) is 18.3 Å². The summed E-state index contributed by atoms with van der Waals surface area (Å²) < 4.78 is 12.1. The molecule has 3 aromatic rings. The lowest BCUT2D eigenvalue weighted by atomic mass is 10.0. The SMILES string of the molecule is CCOc1ccc2nc(N(CCCN3CCOCC3)C(=O)Cc3ccc(C)c(C)c3)sc2c1.Cl. The molecule has 1 saturated heterocycles. The van der Waals surface area contributed by atoms with Crippen molar-refractivity contribution in [1.29, 1.82) is 0 Å². The van der Waals surface area contributed by atoms with Crippen LogP contribution in [0.25, 0.3) is 10.2 Å². The number of hydrogen-bond acceptors (Lipinski definition) is 6. The zero-order chi connectivity index (χ0) is 23.2. The Kier molecular flexibility index (Phi) is 9.71. The predicted octanol–water partition coefficient (Wildman–Crippen LogP) is 5.03. The van der Waals surface area contributed by atoms with Gasteiger partial charge in [-0.3, -0.25) is 14.6 Å². The van der Waals surface area contributed by atoms with Crippen molar-refractivity contribution in [2.24, 2.45) is 0 Å². The molecule has 8 heteroatoms. The second kappa shape index (κ2) is 12.5. The average Bonchev–Trinajstić information content (AvgIpc) is 3.23. The van der Waals surface area contributed by atoms with Gasteiger partial charge in [-0.05, 0) is 62.1 Å². The minimum Gasteiger partial charge on any atom is -0.494 e. The molecule has 6 nitrogen and oxygen atoms in total. The van der Waals surface area contributed by atoms with Crippen LogP contribution in [0.5, 0.6) is 5.75 Å². The van der Waals surface area contributed by atoms with Crippen molar-refractivity contribution < 1.29 is 14.3 Å². The number of amides is 1. The van der Waals surface area contributed by atoms with Crippen LogP contribution in [0.2, 0.25) is 0 Å². The Labute approximate surface area is 212 Å². The number of aryl methyl sites for hydroxylation is 2. The number of benzene rings is 2. The highest BCUT2D eigenvalue weighted by molar-refractivity contribution is 7.22. The normalized spacial score (nSPS) is 14.1. The Hall–Kier alpha value is -2.19. The smallest absolute Gasteiger partial charge is 0.233 e. The maximum atomic E-state index is 13.5. The third-order valence-corrected chi connectivity index (χ3v) is 7.12. The molecule has 1 fully saturated rings. The van der Waals surface area contributed by atoms with Gasteiger partial charge in [-0.25, -0.2) is 4.98 Å². The molecule has 0 N–H and O–H groups in total. The summed E-state index contributed by atoms with van der Waals surface area (Å²) in [6, 6.07) is 12.2. The first-order valence-electron chi connectivity index (χ1n) is 11.7. The van der Waals surface area contributed by atoms with Crippen molar-refractivity contribution in [3.8, 4) is 5.75 Å². The number of halogens is 1. The number of thiazole rings is 1. The van der Waals surface area contributed by atoms with Crippen LogP contribution in [0.3, 0.4) is 0 Å². The van der Waals surface area contributed by atoms with Gasteiger partial charge >= 0.3 is 0 Å². The molecular formula is C26H34ClN3O3S. The van der Waals surface area contributed by atoms with E-state index in [1.807, 2.05) is 30.0 Å². The Morgan fingerprint density at radius 3 is 2.68 bits per heavy atom. The fourth-order valence-electron chi connectivity index (χ4n) is 4.05. The van der Waals surface area contributed by atoms with E-state index >= 15 is 0 Å². The van der Waals surface area contributed by atoms with E-state index in [1.54, 1.807) is 11.3 Å². The summed E-state index contributed by atoms with van der Waals surface area (Å²) in [6.07, 6.45) is 1.28. The molecule has 1 aromatic heterocycles. The van der Waals surface area contributed by atoms with Crippen molar-refractivity contribution >= 4 is 45.0 Å². The molecular weight excluding hydrogens is 470 g/mol. The molecule has 0 unspecified atom stereocenters. The lowest BCUT2D eigenvalue weighted by Gasteiger charge is -2.27. The van der Waals surface area contributed by atoms with Crippen LogP contribution >= 0.6 is 23.7 Å². The lowest BCUT2D eigenvalue weighted by molar-refractivity contribution is -0.118. The van der Waals surface area contributed by atoms with Gasteiger partial charge in [-0.2, -0.15) is 0 Å². The van der Waals surface area contributed by atoms with Crippen LogP contribution in [0.4, 0.5) is 5.13 Å². The van der Waals surface area contributed by atoms with Crippen molar-refractivity contribution in [3.05, 3.63) is 53.1 Å². The Morgan fingerprint density at radius 1 is 1.15 bits per heavy atom. The largest absolute Gasteiger partial charge is 0.494 e. The standard InChI is InChI=1S/C26H33N3O3S.ClH/c1-4-32-22-8-9-23-24(18-22)33-26(27-23)29(11-5-10-28-12-14-31-15-13-28)25(30)17-21-7-6-19(2)20(3)16-21;/h6-9,16,18H,4-5,10-15,17H2,1-3H3;1H. The molecule has 2 aromatic carbocycles. The number of fused-ring (bicyclic) bond motifs is 1. The number of rotatable bonds is 9. The Bertz CT molecular complexity index is 1100. The van der Waals surface area contributed by atoms with E-state index in [4.69, 9.17) is 14.5 Å². The van der Waals surface area contributed by atoms with E-state index in [9.17, 15) is 4.79 Å². The van der Waals surface area contributed by atoms with Gasteiger partial charge in [0.25, 0.3) is 0 Å². The average molecular weight is 504 g/mol. The van der Waals surface area contributed by atoms with Gasteiger partial charge in [-0.15, -0.1) is 12.4 Å². The van der Waals surface area contributed by atoms with E-state index in [0.717, 1.165) is 65.9 Å². The van der Waals surface area contributed by atoms with Gasteiger partial charge in [0.05, 0.1) is 36.5 Å². The van der Waals surface area contributed by atoms with E-state index in [1.165, 1.54) is 11.1 Å². The third kappa shape index (κ3) is 6.69. The molecule has 0 saturated carbocycles. The number of carbonyl (C=O) groups is 1. The summed E-state index contributed by atoms with van der Waals surface area (Å²) in [6.45, 7) is 11.9. The monoisotopic (exact) mass is 503 g/mol. The fourth-order valence-corrected chi connectivity index (χ4v) is 5.09. The quantitative estimate of drug-likeness (QED) is 0.410. The van der Waals surface area contributed by atoms with Crippen LogP contribution < -0.4 is 9.64 Å². The second-order valence-corrected chi connectivity index (χ2v) is 9.52. The van der Waals surface area contributed by atoms with Crippen LogP contribution in [-0.4, -0.2) is 61.8 Å². The molecule has 1 aliphatic rings. The topological polar surface area (TPSA) is 54.9 Å². The van der Waals surface area contributed by atoms with Crippen LogP contribution in [0, 0.1) is 13.8 Å². The molecule has 1 amide bonds. The number of ether oxygens (including phenoxy) is 2. The highest BCUT2D eigenvalue weighted by Gasteiger charge is 2.21. The molecule has 2 heterocycles. The maximum absolute atomic E-state index is 13.5. The van der Waals surface area contributed by atoms with Crippen molar-refractivity contribution in [1.82, 2.24) is 9.88 Å². The first kappa shape index (κ1) is 26.4. The van der Waals surface area contributed by atoms with Gasteiger partial charge < -0.3 is 9.47 Å². The number of carbonyl (C=O) groups excluding carboxylic acids is 1. The summed E-state index contributed by atoms with van der Waals surface area (Å²) >= 11 is 1.56. The van der Waals surface area contributed by atoms with Gasteiger partial charge in [-0.1, -0.05) is 29.5 Å². The van der Waals surface area contributed by atoms with Crippen LogP contribution in [0.15, 0.2) is 36.4 Å². The van der Waals surface area contributed by atoms with E-state index in [2.05, 4.69) is 36.9 Å². The summed E-state index contributed by atoms with van der Waals surface area (Å²) in [7, 11) is 0. The van der Waals surface area contributed by atoms with E-state index < -0.39 is 0 Å². The summed E-state index contributed by atoms with van der Waals surface area (Å²) in [4.78, 5) is 22.6. The Morgan fingerprint density at radius 2 is 1.94 bits per heavy atom. The second-order valence-electron chi connectivity index (χ2n) is 8.51. The van der Waals surface area contributed by atoms with Crippen LogP contribution in [-0.2, 0) is 16.0 Å². The summed E-state index contributed by atoms with van der Waals surface area (Å²) in [5.41, 5.74) is 4.39. The van der Waals surface area contributed by atoms with Crippen LogP contribution in [0.1, 0.15) is 30.0 Å². The minimum absolute atomic E-state index is 0. The van der Waals surface area contributed by atoms with Gasteiger partial charge in [0.1, 0.15) is 5.75 Å². The first-order chi connectivity index (χ1) is 16.0. The number of anilines is 1. The molecule has 34 heavy (non-hydrogen) atoms.